The summed E-state index contributed by atoms with van der Waals surface area (Å²) in [6.07, 6.45) is 1.80. The van der Waals surface area contributed by atoms with Crippen LogP contribution in [0.25, 0.3) is 21.1 Å². The van der Waals surface area contributed by atoms with Gasteiger partial charge in [0.1, 0.15) is 5.82 Å². The van der Waals surface area contributed by atoms with Crippen molar-refractivity contribution < 1.29 is 9.18 Å². The standard InChI is InChI=1S/C21H19FN4O2S2/c1-2-3-10-26-19(28)14-6-4-5-7-15(14)24-21(26)29-12-18(27)25-20-23-16-9-8-13(22)11-17(16)30-20/h4-9,11H,2-3,10,12H2,1H3,(H,23,25,27). The number of fused-ring (bicyclic) bond motifs is 2. The fourth-order valence-electron chi connectivity index (χ4n) is 3.01. The number of carbonyl (C=O) groups is 1. The Kier molecular flexibility index (Phi) is 6.10. The van der Waals surface area contributed by atoms with Gasteiger partial charge < -0.3 is 5.32 Å². The van der Waals surface area contributed by atoms with Crippen LogP contribution in [0.3, 0.4) is 0 Å². The summed E-state index contributed by atoms with van der Waals surface area (Å²) in [5.74, 6) is -0.516. The molecule has 1 amide bonds. The molecule has 0 unspecified atom stereocenters. The maximum atomic E-state index is 13.3. The number of thioether (sulfide) groups is 1. The molecule has 0 radical (unpaired) electrons. The number of carbonyl (C=O) groups excluding carboxylic acids is 1. The van der Waals surface area contributed by atoms with Crippen LogP contribution < -0.4 is 10.9 Å². The van der Waals surface area contributed by atoms with Crippen molar-refractivity contribution >= 4 is 55.3 Å². The average molecular weight is 443 g/mol. The summed E-state index contributed by atoms with van der Waals surface area (Å²) >= 11 is 2.44. The molecule has 154 valence electrons. The second-order valence-electron chi connectivity index (χ2n) is 6.69. The zero-order chi connectivity index (χ0) is 21.1. The highest BCUT2D eigenvalue weighted by Crippen LogP contribution is 2.27. The highest BCUT2D eigenvalue weighted by atomic mass is 32.2. The SMILES string of the molecule is CCCCn1c(SCC(=O)Nc2nc3ccc(F)cc3s2)nc2ccccc2c1=O. The molecular formula is C21H19FN4O2S2. The molecule has 0 spiro atoms. The van der Waals surface area contributed by atoms with Crippen LogP contribution in [-0.2, 0) is 11.3 Å². The van der Waals surface area contributed by atoms with Crippen LogP contribution in [0.1, 0.15) is 19.8 Å². The number of para-hydroxylation sites is 1. The van der Waals surface area contributed by atoms with E-state index in [2.05, 4.69) is 22.2 Å². The van der Waals surface area contributed by atoms with Gasteiger partial charge in [0, 0.05) is 6.54 Å². The normalized spacial score (nSPS) is 11.3. The zero-order valence-electron chi connectivity index (χ0n) is 16.2. The molecule has 1 N–H and O–H groups in total. The van der Waals surface area contributed by atoms with Crippen molar-refractivity contribution in [3.63, 3.8) is 0 Å². The lowest BCUT2D eigenvalue weighted by Crippen LogP contribution is -2.24. The molecule has 0 aliphatic carbocycles. The van der Waals surface area contributed by atoms with Crippen LogP contribution in [0.15, 0.2) is 52.4 Å². The molecule has 0 saturated heterocycles. The van der Waals surface area contributed by atoms with E-state index in [9.17, 15) is 14.0 Å². The van der Waals surface area contributed by atoms with Crippen LogP contribution in [0, 0.1) is 5.82 Å². The first-order valence-corrected chi connectivity index (χ1v) is 11.3. The summed E-state index contributed by atoms with van der Waals surface area (Å²) in [7, 11) is 0. The lowest BCUT2D eigenvalue weighted by atomic mass is 10.2. The third kappa shape index (κ3) is 4.36. The lowest BCUT2D eigenvalue weighted by Gasteiger charge is -2.12. The molecule has 4 rings (SSSR count). The molecular weight excluding hydrogens is 423 g/mol. The number of halogens is 1. The van der Waals surface area contributed by atoms with Gasteiger partial charge in [0.25, 0.3) is 5.56 Å². The van der Waals surface area contributed by atoms with Gasteiger partial charge in [-0.3, -0.25) is 14.2 Å². The molecule has 0 aliphatic rings. The van der Waals surface area contributed by atoms with Crippen LogP contribution >= 0.6 is 23.1 Å². The summed E-state index contributed by atoms with van der Waals surface area (Å²) in [6, 6.07) is 11.5. The van der Waals surface area contributed by atoms with E-state index in [-0.39, 0.29) is 23.0 Å². The van der Waals surface area contributed by atoms with Crippen molar-refractivity contribution in [1.82, 2.24) is 14.5 Å². The predicted octanol–water partition coefficient (Wildman–Crippen LogP) is 4.68. The first-order chi connectivity index (χ1) is 14.5. The quantitative estimate of drug-likeness (QED) is 0.332. The van der Waals surface area contributed by atoms with Gasteiger partial charge in [-0.05, 0) is 36.8 Å². The second-order valence-corrected chi connectivity index (χ2v) is 8.66. The van der Waals surface area contributed by atoms with Crippen LogP contribution in [-0.4, -0.2) is 26.2 Å². The van der Waals surface area contributed by atoms with E-state index in [1.807, 2.05) is 12.1 Å². The molecule has 2 aromatic carbocycles. The summed E-state index contributed by atoms with van der Waals surface area (Å²) in [6.45, 7) is 2.62. The topological polar surface area (TPSA) is 76.9 Å². The number of hydrogen-bond acceptors (Lipinski definition) is 6. The van der Waals surface area contributed by atoms with Gasteiger partial charge in [-0.15, -0.1) is 0 Å². The number of amides is 1. The van der Waals surface area contributed by atoms with Gasteiger partial charge in [0.2, 0.25) is 5.91 Å². The number of nitrogens with zero attached hydrogens (tertiary/aromatic N) is 3. The molecule has 2 heterocycles. The van der Waals surface area contributed by atoms with Crippen molar-refractivity contribution in [2.75, 3.05) is 11.1 Å². The molecule has 0 atom stereocenters. The van der Waals surface area contributed by atoms with E-state index in [4.69, 9.17) is 0 Å². The summed E-state index contributed by atoms with van der Waals surface area (Å²) < 4.78 is 15.7. The number of hydrogen-bond donors (Lipinski definition) is 1. The predicted molar refractivity (Wildman–Crippen MR) is 120 cm³/mol. The molecule has 6 nitrogen and oxygen atoms in total. The second kappa shape index (κ2) is 8.93. The zero-order valence-corrected chi connectivity index (χ0v) is 17.9. The highest BCUT2D eigenvalue weighted by molar-refractivity contribution is 7.99. The van der Waals surface area contributed by atoms with E-state index in [1.165, 1.54) is 35.2 Å². The Morgan fingerprint density at radius 3 is 2.87 bits per heavy atom. The monoisotopic (exact) mass is 442 g/mol. The Bertz CT molecular complexity index is 1290. The van der Waals surface area contributed by atoms with Gasteiger partial charge >= 0.3 is 0 Å². The highest BCUT2D eigenvalue weighted by Gasteiger charge is 2.14. The van der Waals surface area contributed by atoms with Crippen molar-refractivity contribution in [2.24, 2.45) is 0 Å². The first-order valence-electron chi connectivity index (χ1n) is 9.53. The number of rotatable bonds is 7. The molecule has 9 heteroatoms. The number of unbranched alkanes of at least 4 members (excludes halogenated alkanes) is 1. The number of aromatic nitrogens is 3. The lowest BCUT2D eigenvalue weighted by molar-refractivity contribution is -0.113. The first kappa shape index (κ1) is 20.5. The third-order valence-electron chi connectivity index (χ3n) is 4.49. The Balaban J connectivity index is 1.52. The van der Waals surface area contributed by atoms with Crippen LogP contribution in [0.4, 0.5) is 9.52 Å². The maximum absolute atomic E-state index is 13.3. The van der Waals surface area contributed by atoms with Crippen LogP contribution in [0.5, 0.6) is 0 Å². The van der Waals surface area contributed by atoms with Gasteiger partial charge in [-0.2, -0.15) is 0 Å². The van der Waals surface area contributed by atoms with E-state index >= 15 is 0 Å². The minimum Gasteiger partial charge on any atom is -0.301 e. The number of anilines is 1. The third-order valence-corrected chi connectivity index (χ3v) is 6.40. The molecule has 2 aromatic heterocycles. The molecule has 0 aliphatic heterocycles. The maximum Gasteiger partial charge on any atom is 0.262 e. The van der Waals surface area contributed by atoms with Crippen molar-refractivity contribution in [1.29, 1.82) is 0 Å². The minimum absolute atomic E-state index is 0.0845. The van der Waals surface area contributed by atoms with Crippen LogP contribution in [0.2, 0.25) is 0 Å². The fraction of sp³-hybridized carbons (Fsp3) is 0.238. The largest absolute Gasteiger partial charge is 0.301 e. The summed E-state index contributed by atoms with van der Waals surface area (Å²) in [4.78, 5) is 34.2. The van der Waals surface area contributed by atoms with Gasteiger partial charge in [-0.25, -0.2) is 14.4 Å². The van der Waals surface area contributed by atoms with E-state index in [1.54, 1.807) is 22.8 Å². The number of thiazole rings is 1. The van der Waals surface area contributed by atoms with E-state index < -0.39 is 0 Å². The Labute approximate surface area is 180 Å². The summed E-state index contributed by atoms with van der Waals surface area (Å²) in [5.41, 5.74) is 1.16. The van der Waals surface area contributed by atoms with Crippen molar-refractivity contribution in [3.8, 4) is 0 Å². The minimum atomic E-state index is -0.341. The molecule has 0 bridgehead atoms. The number of benzene rings is 2. The Hall–Kier alpha value is -2.78. The average Bonchev–Trinajstić information content (AvgIpc) is 3.13. The van der Waals surface area contributed by atoms with E-state index in [0.717, 1.165) is 12.8 Å². The van der Waals surface area contributed by atoms with E-state index in [0.29, 0.717) is 38.0 Å². The summed E-state index contributed by atoms with van der Waals surface area (Å²) in [5, 5.41) is 4.25. The smallest absolute Gasteiger partial charge is 0.262 e. The Morgan fingerprint density at radius 2 is 2.03 bits per heavy atom. The molecule has 30 heavy (non-hydrogen) atoms. The van der Waals surface area contributed by atoms with Gasteiger partial charge in [0.15, 0.2) is 10.3 Å². The number of nitrogens with one attached hydrogen (secondary N) is 1. The molecule has 0 fully saturated rings. The van der Waals surface area contributed by atoms with Crippen molar-refractivity contribution in [2.45, 2.75) is 31.5 Å². The Morgan fingerprint density at radius 1 is 1.20 bits per heavy atom. The van der Waals surface area contributed by atoms with Gasteiger partial charge in [-0.1, -0.05) is 48.6 Å². The van der Waals surface area contributed by atoms with Gasteiger partial charge in [0.05, 0.1) is 26.9 Å². The molecule has 0 saturated carbocycles. The van der Waals surface area contributed by atoms with Crippen molar-refractivity contribution in [3.05, 3.63) is 58.6 Å². The molecule has 4 aromatic rings. The fourth-order valence-corrected chi connectivity index (χ4v) is 4.74.